The number of aromatic nitrogens is 2. The average Bonchev–Trinajstić information content (AvgIpc) is 3.07. The molecule has 2 rings (SSSR count). The van der Waals surface area contributed by atoms with E-state index in [1.165, 1.54) is 6.39 Å². The fourth-order valence-electron chi connectivity index (χ4n) is 1.82. The monoisotopic (exact) mass is 302 g/mol. The maximum Gasteiger partial charge on any atom is 0.242 e. The average molecular weight is 302 g/mol. The standard InChI is InChI=1S/C15H18N4O3/c1-3-13(20)18-10(2)15(21)16-8-11-4-6-12(7-5-11)14-17-9-22-19-14/h4-7,9-10H,3,8H2,1-2H3,(H,16,21)(H,18,20)/t10-/m1/s1. The second-order valence-electron chi connectivity index (χ2n) is 4.81. The number of rotatable bonds is 6. The van der Waals surface area contributed by atoms with Gasteiger partial charge >= 0.3 is 0 Å². The molecule has 2 aromatic rings. The molecule has 22 heavy (non-hydrogen) atoms. The topological polar surface area (TPSA) is 97.1 Å². The van der Waals surface area contributed by atoms with Crippen LogP contribution in [0.3, 0.4) is 0 Å². The predicted octanol–water partition coefficient (Wildman–Crippen LogP) is 1.27. The van der Waals surface area contributed by atoms with Crippen LogP contribution in [0, 0.1) is 0 Å². The molecule has 2 amide bonds. The van der Waals surface area contributed by atoms with Gasteiger partial charge in [-0.1, -0.05) is 36.3 Å². The Morgan fingerprint density at radius 1 is 1.27 bits per heavy atom. The highest BCUT2D eigenvalue weighted by atomic mass is 16.5. The number of hydrogen-bond acceptors (Lipinski definition) is 5. The lowest BCUT2D eigenvalue weighted by molar-refractivity contribution is -0.128. The van der Waals surface area contributed by atoms with Gasteiger partial charge in [0.05, 0.1) is 0 Å². The summed E-state index contributed by atoms with van der Waals surface area (Å²) in [7, 11) is 0. The molecule has 0 radical (unpaired) electrons. The van der Waals surface area contributed by atoms with E-state index in [1.54, 1.807) is 13.8 Å². The molecule has 1 aromatic carbocycles. The molecule has 1 aromatic heterocycles. The molecule has 1 atom stereocenters. The second-order valence-corrected chi connectivity index (χ2v) is 4.81. The Balaban J connectivity index is 1.86. The van der Waals surface area contributed by atoms with Gasteiger partial charge in [-0.3, -0.25) is 9.59 Å². The van der Waals surface area contributed by atoms with Gasteiger partial charge in [0.2, 0.25) is 24.0 Å². The quantitative estimate of drug-likeness (QED) is 0.837. The van der Waals surface area contributed by atoms with Crippen molar-refractivity contribution in [1.82, 2.24) is 20.8 Å². The van der Waals surface area contributed by atoms with Crippen molar-refractivity contribution < 1.29 is 14.1 Å². The molecule has 0 saturated carbocycles. The van der Waals surface area contributed by atoms with E-state index in [2.05, 4.69) is 20.8 Å². The molecular formula is C15H18N4O3. The maximum atomic E-state index is 11.9. The summed E-state index contributed by atoms with van der Waals surface area (Å²) in [4.78, 5) is 27.1. The fraction of sp³-hybridized carbons (Fsp3) is 0.333. The van der Waals surface area contributed by atoms with Crippen molar-refractivity contribution in [1.29, 1.82) is 0 Å². The van der Waals surface area contributed by atoms with Gasteiger partial charge in [0.25, 0.3) is 0 Å². The summed E-state index contributed by atoms with van der Waals surface area (Å²) in [5.41, 5.74) is 1.78. The lowest BCUT2D eigenvalue weighted by Crippen LogP contribution is -2.44. The van der Waals surface area contributed by atoms with E-state index in [9.17, 15) is 9.59 Å². The zero-order valence-corrected chi connectivity index (χ0v) is 12.5. The van der Waals surface area contributed by atoms with Gasteiger partial charge in [0.1, 0.15) is 6.04 Å². The summed E-state index contributed by atoms with van der Waals surface area (Å²) >= 11 is 0. The summed E-state index contributed by atoms with van der Waals surface area (Å²) in [6.07, 6.45) is 1.63. The molecule has 0 spiro atoms. The lowest BCUT2D eigenvalue weighted by Gasteiger charge is -2.13. The van der Waals surface area contributed by atoms with Crippen LogP contribution in [0.1, 0.15) is 25.8 Å². The number of nitrogens with one attached hydrogen (secondary N) is 2. The minimum absolute atomic E-state index is 0.146. The van der Waals surface area contributed by atoms with Gasteiger partial charge < -0.3 is 15.2 Å². The predicted molar refractivity (Wildman–Crippen MR) is 79.5 cm³/mol. The first-order valence-corrected chi connectivity index (χ1v) is 7.03. The van der Waals surface area contributed by atoms with E-state index < -0.39 is 6.04 Å². The van der Waals surface area contributed by atoms with Crippen LogP contribution >= 0.6 is 0 Å². The zero-order valence-electron chi connectivity index (χ0n) is 12.5. The van der Waals surface area contributed by atoms with Crippen LogP contribution in [0.15, 0.2) is 35.2 Å². The van der Waals surface area contributed by atoms with Crippen LogP contribution < -0.4 is 10.6 Å². The van der Waals surface area contributed by atoms with Gasteiger partial charge in [-0.2, -0.15) is 4.98 Å². The minimum atomic E-state index is -0.550. The molecule has 0 saturated heterocycles. The third kappa shape index (κ3) is 4.15. The van der Waals surface area contributed by atoms with Crippen LogP contribution in [0.5, 0.6) is 0 Å². The van der Waals surface area contributed by atoms with Crippen molar-refractivity contribution in [3.8, 4) is 11.4 Å². The molecule has 116 valence electrons. The normalized spacial score (nSPS) is 11.7. The molecule has 7 nitrogen and oxygen atoms in total. The van der Waals surface area contributed by atoms with Gasteiger partial charge in [0, 0.05) is 18.5 Å². The van der Waals surface area contributed by atoms with E-state index in [0.29, 0.717) is 18.8 Å². The van der Waals surface area contributed by atoms with Crippen LogP contribution in [-0.4, -0.2) is 28.0 Å². The second kappa shape index (κ2) is 7.35. The fourth-order valence-corrected chi connectivity index (χ4v) is 1.82. The molecule has 1 heterocycles. The molecule has 0 aliphatic carbocycles. The summed E-state index contributed by atoms with van der Waals surface area (Å²) in [5.74, 6) is 0.155. The Labute approximate surface area is 128 Å². The molecule has 0 aliphatic rings. The Morgan fingerprint density at radius 3 is 2.59 bits per heavy atom. The summed E-state index contributed by atoms with van der Waals surface area (Å²) in [6, 6.07) is 6.91. The third-order valence-electron chi connectivity index (χ3n) is 3.13. The van der Waals surface area contributed by atoms with Crippen molar-refractivity contribution in [3.63, 3.8) is 0 Å². The highest BCUT2D eigenvalue weighted by molar-refractivity contribution is 5.87. The van der Waals surface area contributed by atoms with Crippen molar-refractivity contribution >= 4 is 11.8 Å². The van der Waals surface area contributed by atoms with E-state index in [0.717, 1.165) is 11.1 Å². The van der Waals surface area contributed by atoms with Crippen LogP contribution in [0.2, 0.25) is 0 Å². The number of carbonyl (C=O) groups excluding carboxylic acids is 2. The first-order chi connectivity index (χ1) is 10.6. The maximum absolute atomic E-state index is 11.9. The number of benzene rings is 1. The third-order valence-corrected chi connectivity index (χ3v) is 3.13. The highest BCUT2D eigenvalue weighted by Crippen LogP contribution is 2.14. The van der Waals surface area contributed by atoms with Gasteiger partial charge in [-0.25, -0.2) is 0 Å². The summed E-state index contributed by atoms with van der Waals surface area (Å²) in [6.45, 7) is 3.78. The van der Waals surface area contributed by atoms with Crippen molar-refractivity contribution in [2.75, 3.05) is 0 Å². The summed E-state index contributed by atoms with van der Waals surface area (Å²) < 4.78 is 4.69. The highest BCUT2D eigenvalue weighted by Gasteiger charge is 2.14. The molecular weight excluding hydrogens is 284 g/mol. The molecule has 2 N–H and O–H groups in total. The number of hydrogen-bond donors (Lipinski definition) is 2. The van der Waals surface area contributed by atoms with Crippen LogP contribution in [-0.2, 0) is 16.1 Å². The molecule has 0 aliphatic heterocycles. The van der Waals surface area contributed by atoms with E-state index in [1.807, 2.05) is 24.3 Å². The van der Waals surface area contributed by atoms with Crippen LogP contribution in [0.4, 0.5) is 0 Å². The number of carbonyl (C=O) groups is 2. The smallest absolute Gasteiger partial charge is 0.242 e. The molecule has 7 heteroatoms. The van der Waals surface area contributed by atoms with Gasteiger partial charge in [-0.15, -0.1) is 0 Å². The lowest BCUT2D eigenvalue weighted by atomic mass is 10.1. The Hall–Kier alpha value is -2.70. The van der Waals surface area contributed by atoms with Gasteiger partial charge in [-0.05, 0) is 12.5 Å². The SMILES string of the molecule is CCC(=O)N[C@H](C)C(=O)NCc1ccc(-c2ncon2)cc1. The zero-order chi connectivity index (χ0) is 15.9. The van der Waals surface area contributed by atoms with E-state index >= 15 is 0 Å². The Morgan fingerprint density at radius 2 is 2.00 bits per heavy atom. The van der Waals surface area contributed by atoms with E-state index in [-0.39, 0.29) is 11.8 Å². The summed E-state index contributed by atoms with van der Waals surface area (Å²) in [5, 5.41) is 9.15. The first-order valence-electron chi connectivity index (χ1n) is 7.03. The van der Waals surface area contributed by atoms with Gasteiger partial charge in [0.15, 0.2) is 0 Å². The van der Waals surface area contributed by atoms with Crippen molar-refractivity contribution in [2.24, 2.45) is 0 Å². The van der Waals surface area contributed by atoms with E-state index in [4.69, 9.17) is 4.52 Å². The molecule has 0 unspecified atom stereocenters. The molecule has 0 bridgehead atoms. The first kappa shape index (κ1) is 15.7. The Bertz CT molecular complexity index is 623. The van der Waals surface area contributed by atoms with Crippen molar-refractivity contribution in [2.45, 2.75) is 32.9 Å². The van der Waals surface area contributed by atoms with Crippen molar-refractivity contribution in [3.05, 3.63) is 36.2 Å². The largest absolute Gasteiger partial charge is 0.350 e. The van der Waals surface area contributed by atoms with Crippen LogP contribution in [0.25, 0.3) is 11.4 Å². The Kier molecular flexibility index (Phi) is 5.24. The number of nitrogens with zero attached hydrogens (tertiary/aromatic N) is 2. The number of amides is 2. The minimum Gasteiger partial charge on any atom is -0.350 e. The molecule has 0 fully saturated rings.